The molecule has 0 atom stereocenters. The molecule has 0 amide bonds. The molecule has 0 unspecified atom stereocenters. The first kappa shape index (κ1) is 19.3. The van der Waals surface area contributed by atoms with Crippen LogP contribution in [-0.2, 0) is 10.0 Å². The highest BCUT2D eigenvalue weighted by Crippen LogP contribution is 2.32. The molecule has 6 nitrogen and oxygen atoms in total. The second-order valence-corrected chi connectivity index (χ2v) is 7.39. The number of ether oxygens (including phenoxy) is 1. The number of halogens is 1. The number of nitrogens with one attached hydrogen (secondary N) is 1. The van der Waals surface area contributed by atoms with Crippen LogP contribution in [0, 0.1) is 17.1 Å². The van der Waals surface area contributed by atoms with Crippen molar-refractivity contribution < 1.29 is 17.5 Å². The quantitative estimate of drug-likeness (QED) is 0.680. The van der Waals surface area contributed by atoms with Gasteiger partial charge in [0.05, 0.1) is 22.9 Å². The Bertz CT molecular complexity index is 1130. The number of hydrogen-bond acceptors (Lipinski definition) is 5. The zero-order chi connectivity index (χ0) is 20.1. The van der Waals surface area contributed by atoms with Gasteiger partial charge in [0.15, 0.2) is 0 Å². The minimum Gasteiger partial charge on any atom is -0.477 e. The molecule has 0 fully saturated rings. The standard InChI is InChI=1S/C20H16FN3O3S/c1-2-27-20-15(13-22)12-18(19(23-20)14-8-10-16(21)11-9-14)24-28(25,26)17-6-4-3-5-7-17/h3-12,24H,2H2,1H3. The van der Waals surface area contributed by atoms with E-state index in [1.54, 1.807) is 25.1 Å². The molecular formula is C20H16FN3O3S. The van der Waals surface area contributed by atoms with Crippen LogP contribution in [0.4, 0.5) is 10.1 Å². The number of hydrogen-bond donors (Lipinski definition) is 1. The van der Waals surface area contributed by atoms with Crippen LogP contribution < -0.4 is 9.46 Å². The van der Waals surface area contributed by atoms with Crippen molar-refractivity contribution >= 4 is 15.7 Å². The van der Waals surface area contributed by atoms with Crippen molar-refractivity contribution in [2.45, 2.75) is 11.8 Å². The Morgan fingerprint density at radius 1 is 1.14 bits per heavy atom. The van der Waals surface area contributed by atoms with E-state index in [0.29, 0.717) is 5.56 Å². The molecule has 0 saturated carbocycles. The molecule has 0 radical (unpaired) electrons. The topological polar surface area (TPSA) is 92.1 Å². The van der Waals surface area contributed by atoms with Crippen LogP contribution in [-0.4, -0.2) is 20.0 Å². The lowest BCUT2D eigenvalue weighted by Gasteiger charge is -2.15. The first-order valence-electron chi connectivity index (χ1n) is 8.36. The molecule has 28 heavy (non-hydrogen) atoms. The predicted octanol–water partition coefficient (Wildman–Crippen LogP) is 3.96. The Balaban J connectivity index is 2.15. The fourth-order valence-corrected chi connectivity index (χ4v) is 3.61. The summed E-state index contributed by atoms with van der Waals surface area (Å²) in [4.78, 5) is 4.38. The molecule has 0 aliphatic rings. The van der Waals surface area contributed by atoms with Gasteiger partial charge in [-0.2, -0.15) is 5.26 Å². The predicted molar refractivity (Wildman–Crippen MR) is 103 cm³/mol. The van der Waals surface area contributed by atoms with E-state index >= 15 is 0 Å². The zero-order valence-corrected chi connectivity index (χ0v) is 15.7. The van der Waals surface area contributed by atoms with Gasteiger partial charge in [0.1, 0.15) is 17.4 Å². The van der Waals surface area contributed by atoms with Crippen molar-refractivity contribution in [2.24, 2.45) is 0 Å². The summed E-state index contributed by atoms with van der Waals surface area (Å²) in [6.07, 6.45) is 0. The van der Waals surface area contributed by atoms with E-state index in [1.165, 1.54) is 42.5 Å². The molecule has 1 heterocycles. The van der Waals surface area contributed by atoms with Crippen LogP contribution in [0.15, 0.2) is 65.6 Å². The highest BCUT2D eigenvalue weighted by Gasteiger charge is 2.20. The fraction of sp³-hybridized carbons (Fsp3) is 0.100. The molecule has 0 saturated heterocycles. The van der Waals surface area contributed by atoms with E-state index in [1.807, 2.05) is 6.07 Å². The summed E-state index contributed by atoms with van der Waals surface area (Å²) in [5.74, 6) is -0.360. The molecule has 8 heteroatoms. The van der Waals surface area contributed by atoms with Gasteiger partial charge in [0, 0.05) is 5.56 Å². The maximum absolute atomic E-state index is 13.3. The molecule has 1 N–H and O–H groups in total. The Kier molecular flexibility index (Phi) is 5.57. The van der Waals surface area contributed by atoms with E-state index in [-0.39, 0.29) is 34.3 Å². The van der Waals surface area contributed by atoms with Gasteiger partial charge in [-0.15, -0.1) is 0 Å². The van der Waals surface area contributed by atoms with Crippen LogP contribution >= 0.6 is 0 Å². The summed E-state index contributed by atoms with van der Waals surface area (Å²) in [5.41, 5.74) is 0.869. The number of nitriles is 1. The van der Waals surface area contributed by atoms with Crippen LogP contribution in [0.2, 0.25) is 0 Å². The lowest BCUT2D eigenvalue weighted by molar-refractivity contribution is 0.326. The number of pyridine rings is 1. The first-order valence-corrected chi connectivity index (χ1v) is 9.84. The lowest BCUT2D eigenvalue weighted by Crippen LogP contribution is -2.14. The van der Waals surface area contributed by atoms with Gasteiger partial charge in [-0.25, -0.2) is 17.8 Å². The molecule has 0 bridgehead atoms. The maximum Gasteiger partial charge on any atom is 0.261 e. The maximum atomic E-state index is 13.3. The molecule has 0 aliphatic carbocycles. The van der Waals surface area contributed by atoms with Crippen molar-refractivity contribution in [1.82, 2.24) is 4.98 Å². The van der Waals surface area contributed by atoms with Crippen LogP contribution in [0.3, 0.4) is 0 Å². The third kappa shape index (κ3) is 4.10. The molecular weight excluding hydrogens is 381 g/mol. The summed E-state index contributed by atoms with van der Waals surface area (Å²) in [6.45, 7) is 2.02. The van der Waals surface area contributed by atoms with Crippen molar-refractivity contribution in [2.75, 3.05) is 11.3 Å². The monoisotopic (exact) mass is 397 g/mol. The third-order valence-electron chi connectivity index (χ3n) is 3.80. The van der Waals surface area contributed by atoms with E-state index in [0.717, 1.165) is 0 Å². The molecule has 0 spiro atoms. The van der Waals surface area contributed by atoms with Crippen molar-refractivity contribution in [3.05, 3.63) is 72.0 Å². The highest BCUT2D eigenvalue weighted by atomic mass is 32.2. The normalized spacial score (nSPS) is 10.9. The summed E-state index contributed by atoms with van der Waals surface area (Å²) in [7, 11) is -3.92. The number of nitrogens with zero attached hydrogens (tertiary/aromatic N) is 2. The average Bonchev–Trinajstić information content (AvgIpc) is 2.70. The van der Waals surface area contributed by atoms with Crippen LogP contribution in [0.5, 0.6) is 5.88 Å². The zero-order valence-electron chi connectivity index (χ0n) is 14.9. The van der Waals surface area contributed by atoms with E-state index in [9.17, 15) is 18.1 Å². The first-order chi connectivity index (χ1) is 13.4. The molecule has 3 rings (SSSR count). The third-order valence-corrected chi connectivity index (χ3v) is 5.19. The van der Waals surface area contributed by atoms with Gasteiger partial charge in [0.25, 0.3) is 10.0 Å². The summed E-state index contributed by atoms with van der Waals surface area (Å²) in [5, 5.41) is 9.39. The summed E-state index contributed by atoms with van der Waals surface area (Å²) in [6, 6.07) is 16.6. The van der Waals surface area contributed by atoms with Crippen molar-refractivity contribution in [1.29, 1.82) is 5.26 Å². The van der Waals surface area contributed by atoms with Crippen molar-refractivity contribution in [3.63, 3.8) is 0 Å². The summed E-state index contributed by atoms with van der Waals surface area (Å²) < 4.78 is 46.7. The Hall–Kier alpha value is -3.44. The molecule has 1 aromatic heterocycles. The van der Waals surface area contributed by atoms with E-state index < -0.39 is 15.8 Å². The van der Waals surface area contributed by atoms with Gasteiger partial charge in [-0.1, -0.05) is 18.2 Å². The average molecular weight is 397 g/mol. The number of anilines is 1. The minimum atomic E-state index is -3.92. The second-order valence-electron chi connectivity index (χ2n) is 5.71. The molecule has 142 valence electrons. The van der Waals surface area contributed by atoms with Crippen LogP contribution in [0.1, 0.15) is 12.5 Å². The van der Waals surface area contributed by atoms with Gasteiger partial charge in [-0.05, 0) is 49.4 Å². The molecule has 2 aromatic carbocycles. The van der Waals surface area contributed by atoms with E-state index in [2.05, 4.69) is 9.71 Å². The number of benzene rings is 2. The van der Waals surface area contributed by atoms with Crippen LogP contribution in [0.25, 0.3) is 11.3 Å². The SMILES string of the molecule is CCOc1nc(-c2ccc(F)cc2)c(NS(=O)(=O)c2ccccc2)cc1C#N. The number of rotatable bonds is 6. The lowest BCUT2D eigenvalue weighted by atomic mass is 10.1. The minimum absolute atomic E-state index is 0.0625. The number of sulfonamides is 1. The fourth-order valence-electron chi connectivity index (χ4n) is 2.53. The second kappa shape index (κ2) is 8.06. The largest absolute Gasteiger partial charge is 0.477 e. The molecule has 0 aliphatic heterocycles. The Morgan fingerprint density at radius 3 is 2.43 bits per heavy atom. The van der Waals surface area contributed by atoms with E-state index in [4.69, 9.17) is 4.74 Å². The molecule has 3 aromatic rings. The van der Waals surface area contributed by atoms with Gasteiger partial charge < -0.3 is 4.74 Å². The van der Waals surface area contributed by atoms with Gasteiger partial charge >= 0.3 is 0 Å². The van der Waals surface area contributed by atoms with Gasteiger partial charge in [0.2, 0.25) is 5.88 Å². The summed E-state index contributed by atoms with van der Waals surface area (Å²) >= 11 is 0. The number of aromatic nitrogens is 1. The Morgan fingerprint density at radius 2 is 1.82 bits per heavy atom. The smallest absolute Gasteiger partial charge is 0.261 e. The van der Waals surface area contributed by atoms with Gasteiger partial charge in [-0.3, -0.25) is 4.72 Å². The highest BCUT2D eigenvalue weighted by molar-refractivity contribution is 7.92. The van der Waals surface area contributed by atoms with Crippen molar-refractivity contribution in [3.8, 4) is 23.2 Å². The Labute approximate surface area is 162 Å².